The Labute approximate surface area is 159 Å². The number of aliphatic hydroxyl groups is 3. The fourth-order valence-corrected chi connectivity index (χ4v) is 3.15. The van der Waals surface area contributed by atoms with Crippen LogP contribution in [0.2, 0.25) is 0 Å². The van der Waals surface area contributed by atoms with Crippen molar-refractivity contribution in [3.05, 3.63) is 29.8 Å². The Morgan fingerprint density at radius 1 is 1.07 bits per heavy atom. The highest BCUT2D eigenvalue weighted by atomic mass is 16.7. The van der Waals surface area contributed by atoms with Crippen LogP contribution in [0.3, 0.4) is 0 Å². The molecule has 0 aromatic heterocycles. The van der Waals surface area contributed by atoms with Crippen molar-refractivity contribution >= 4 is 0 Å². The topological polar surface area (TPSA) is 97.6 Å². The zero-order valence-corrected chi connectivity index (χ0v) is 15.5. The van der Waals surface area contributed by atoms with E-state index in [0.29, 0.717) is 19.1 Å². The fraction of sp³-hybridized carbons (Fsp3) is 0.700. The maximum absolute atomic E-state index is 9.91. The zero-order chi connectivity index (χ0) is 19.1. The third-order valence-electron chi connectivity index (χ3n) is 4.97. The first-order valence-electron chi connectivity index (χ1n) is 9.69. The van der Waals surface area contributed by atoms with Gasteiger partial charge in [0.1, 0.15) is 11.9 Å². The smallest absolute Gasteiger partial charge is 0.186 e. The predicted molar refractivity (Wildman–Crippen MR) is 97.5 cm³/mol. The second kappa shape index (κ2) is 10.4. The lowest BCUT2D eigenvalue weighted by molar-refractivity contribution is -0.271. The van der Waals surface area contributed by atoms with E-state index in [1.807, 2.05) is 12.1 Å². The van der Waals surface area contributed by atoms with Crippen molar-refractivity contribution in [1.82, 2.24) is 0 Å². The van der Waals surface area contributed by atoms with Gasteiger partial charge >= 0.3 is 0 Å². The third kappa shape index (κ3) is 6.14. The van der Waals surface area contributed by atoms with E-state index in [-0.39, 0.29) is 13.0 Å². The molecule has 27 heavy (non-hydrogen) atoms. The van der Waals surface area contributed by atoms with Gasteiger partial charge in [-0.1, -0.05) is 12.1 Å². The molecule has 2 aliphatic heterocycles. The van der Waals surface area contributed by atoms with Crippen LogP contribution in [0.15, 0.2) is 24.3 Å². The number of benzene rings is 1. The fourth-order valence-electron chi connectivity index (χ4n) is 3.15. The molecule has 2 heterocycles. The molecule has 0 saturated carbocycles. The van der Waals surface area contributed by atoms with Gasteiger partial charge in [-0.05, 0) is 37.0 Å². The van der Waals surface area contributed by atoms with Crippen molar-refractivity contribution in [2.75, 3.05) is 33.0 Å². The minimum absolute atomic E-state index is 0.197. The molecule has 3 N–H and O–H groups in total. The molecule has 152 valence electrons. The minimum Gasteiger partial charge on any atom is -0.493 e. The summed E-state index contributed by atoms with van der Waals surface area (Å²) in [7, 11) is 0. The second-order valence-corrected chi connectivity index (χ2v) is 7.29. The van der Waals surface area contributed by atoms with Gasteiger partial charge in [-0.2, -0.15) is 0 Å². The van der Waals surface area contributed by atoms with Gasteiger partial charge in [-0.15, -0.1) is 0 Å². The van der Waals surface area contributed by atoms with Crippen molar-refractivity contribution in [2.45, 2.75) is 50.3 Å². The van der Waals surface area contributed by atoms with E-state index in [0.717, 1.165) is 38.2 Å². The lowest BCUT2D eigenvalue weighted by Gasteiger charge is -2.36. The first-order chi connectivity index (χ1) is 13.2. The number of rotatable bonds is 10. The van der Waals surface area contributed by atoms with Gasteiger partial charge in [0.05, 0.1) is 38.6 Å². The highest BCUT2D eigenvalue weighted by Crippen LogP contribution is 2.22. The van der Waals surface area contributed by atoms with Crippen molar-refractivity contribution in [1.29, 1.82) is 0 Å². The van der Waals surface area contributed by atoms with Gasteiger partial charge in [-0.3, -0.25) is 0 Å². The summed E-state index contributed by atoms with van der Waals surface area (Å²) >= 11 is 0. The van der Waals surface area contributed by atoms with Crippen LogP contribution in [0.1, 0.15) is 24.8 Å². The Bertz CT molecular complexity index is 546. The molecule has 0 unspecified atom stereocenters. The van der Waals surface area contributed by atoms with Crippen LogP contribution in [0.4, 0.5) is 0 Å². The SMILES string of the molecule is OC[C@@H]1C[C@H](O)[C@@H](O)[C@H](OCCCCc2ccc(OCC3COC3)cc2)O1. The molecule has 7 nitrogen and oxygen atoms in total. The summed E-state index contributed by atoms with van der Waals surface area (Å²) in [5, 5.41) is 28.8. The van der Waals surface area contributed by atoms with Gasteiger partial charge in [0.15, 0.2) is 6.29 Å². The number of unbranched alkanes of at least 4 members (excludes halogenated alkanes) is 1. The quantitative estimate of drug-likeness (QED) is 0.517. The molecule has 2 saturated heterocycles. The Morgan fingerprint density at radius 3 is 2.52 bits per heavy atom. The van der Waals surface area contributed by atoms with Crippen LogP contribution in [-0.2, 0) is 20.6 Å². The third-order valence-corrected chi connectivity index (χ3v) is 4.97. The summed E-state index contributed by atoms with van der Waals surface area (Å²) < 4.78 is 21.9. The molecule has 0 spiro atoms. The van der Waals surface area contributed by atoms with Gasteiger partial charge < -0.3 is 34.3 Å². The van der Waals surface area contributed by atoms with Gasteiger partial charge in [0.2, 0.25) is 0 Å². The van der Waals surface area contributed by atoms with Crippen molar-refractivity contribution in [3.63, 3.8) is 0 Å². The lowest BCUT2D eigenvalue weighted by atomic mass is 10.0. The van der Waals surface area contributed by atoms with E-state index in [1.54, 1.807) is 0 Å². The summed E-state index contributed by atoms with van der Waals surface area (Å²) in [6.45, 7) is 2.53. The number of hydrogen-bond donors (Lipinski definition) is 3. The monoisotopic (exact) mass is 382 g/mol. The Balaban J connectivity index is 1.30. The molecule has 3 rings (SSSR count). The molecule has 2 fully saturated rings. The first-order valence-corrected chi connectivity index (χ1v) is 9.69. The van der Waals surface area contributed by atoms with Crippen LogP contribution >= 0.6 is 0 Å². The summed E-state index contributed by atoms with van der Waals surface area (Å²) in [5.41, 5.74) is 1.24. The zero-order valence-electron chi connectivity index (χ0n) is 15.5. The first kappa shape index (κ1) is 20.5. The van der Waals surface area contributed by atoms with Crippen LogP contribution in [-0.4, -0.2) is 73.0 Å². The van der Waals surface area contributed by atoms with Crippen LogP contribution in [0.5, 0.6) is 5.75 Å². The molecular weight excluding hydrogens is 352 g/mol. The maximum Gasteiger partial charge on any atom is 0.186 e. The van der Waals surface area contributed by atoms with Crippen LogP contribution < -0.4 is 4.74 Å². The van der Waals surface area contributed by atoms with E-state index in [4.69, 9.17) is 24.1 Å². The maximum atomic E-state index is 9.91. The van der Waals surface area contributed by atoms with Gasteiger partial charge in [0.25, 0.3) is 0 Å². The molecule has 0 bridgehead atoms. The molecular formula is C20H30O7. The molecule has 1 aromatic rings. The summed E-state index contributed by atoms with van der Waals surface area (Å²) in [5.74, 6) is 1.40. The highest BCUT2D eigenvalue weighted by molar-refractivity contribution is 5.27. The van der Waals surface area contributed by atoms with Crippen LogP contribution in [0, 0.1) is 5.92 Å². The van der Waals surface area contributed by atoms with E-state index in [9.17, 15) is 10.2 Å². The lowest BCUT2D eigenvalue weighted by Crippen LogP contribution is -2.50. The molecule has 0 amide bonds. The van der Waals surface area contributed by atoms with E-state index < -0.39 is 24.6 Å². The van der Waals surface area contributed by atoms with E-state index in [1.165, 1.54) is 5.56 Å². The summed E-state index contributed by atoms with van der Waals surface area (Å²) in [4.78, 5) is 0. The number of aliphatic hydroxyl groups excluding tert-OH is 3. The molecule has 7 heteroatoms. The number of ether oxygens (including phenoxy) is 4. The van der Waals surface area contributed by atoms with E-state index >= 15 is 0 Å². The number of hydrogen-bond acceptors (Lipinski definition) is 7. The molecule has 0 aliphatic carbocycles. The van der Waals surface area contributed by atoms with Crippen molar-refractivity contribution in [2.24, 2.45) is 5.92 Å². The standard InChI is InChI=1S/C20H30O7/c21-10-17-9-18(22)19(23)20(27-17)25-8-2-1-3-14-4-6-16(7-5-14)26-13-15-11-24-12-15/h4-7,15,17-23H,1-3,8-13H2/t17-,18-,19+,20+/m0/s1. The minimum atomic E-state index is -1.08. The molecule has 2 aliphatic rings. The summed E-state index contributed by atoms with van der Waals surface area (Å²) in [6.07, 6.45) is -0.498. The predicted octanol–water partition coefficient (Wildman–Crippen LogP) is 0.880. The Morgan fingerprint density at radius 2 is 1.85 bits per heavy atom. The largest absolute Gasteiger partial charge is 0.493 e. The average molecular weight is 382 g/mol. The van der Waals surface area contributed by atoms with Crippen molar-refractivity contribution in [3.8, 4) is 5.75 Å². The molecule has 0 radical (unpaired) electrons. The summed E-state index contributed by atoms with van der Waals surface area (Å²) in [6, 6.07) is 8.13. The van der Waals surface area contributed by atoms with Crippen LogP contribution in [0.25, 0.3) is 0 Å². The van der Waals surface area contributed by atoms with Gasteiger partial charge in [0, 0.05) is 18.9 Å². The Hall–Kier alpha value is -1.22. The Kier molecular flexibility index (Phi) is 7.87. The van der Waals surface area contributed by atoms with Crippen molar-refractivity contribution < 1.29 is 34.3 Å². The van der Waals surface area contributed by atoms with Gasteiger partial charge in [-0.25, -0.2) is 0 Å². The average Bonchev–Trinajstić information content (AvgIpc) is 2.64. The van der Waals surface area contributed by atoms with E-state index in [2.05, 4.69) is 12.1 Å². The number of aryl methyl sites for hydroxylation is 1. The normalized spacial score (nSPS) is 28.7. The molecule has 1 aromatic carbocycles. The molecule has 4 atom stereocenters. The second-order valence-electron chi connectivity index (χ2n) is 7.29. The highest BCUT2D eigenvalue weighted by Gasteiger charge is 2.36.